The van der Waals surface area contributed by atoms with E-state index in [9.17, 15) is 18.0 Å². The lowest BCUT2D eigenvalue weighted by atomic mass is 10.2. The number of alkyl halides is 3. The highest BCUT2D eigenvalue weighted by molar-refractivity contribution is 5.85. The van der Waals surface area contributed by atoms with E-state index in [1.165, 1.54) is 0 Å². The Bertz CT molecular complexity index is 318. The average Bonchev–Trinajstić information content (AvgIpc) is 2.03. The van der Waals surface area contributed by atoms with E-state index in [1.807, 2.05) is 0 Å². The molecule has 0 saturated carbocycles. The fourth-order valence-electron chi connectivity index (χ4n) is 0.688. The number of pyridine rings is 1. The molecule has 3 nitrogen and oxygen atoms in total. The first-order valence-corrected chi connectivity index (χ1v) is 3.18. The largest absolute Gasteiger partial charge is 0.477 e. The summed E-state index contributed by atoms with van der Waals surface area (Å²) in [6.07, 6.45) is -3.99. The van der Waals surface area contributed by atoms with Gasteiger partial charge in [-0.15, -0.1) is 0 Å². The van der Waals surface area contributed by atoms with Gasteiger partial charge in [0.05, 0.1) is 5.56 Å². The fourth-order valence-corrected chi connectivity index (χ4v) is 0.688. The van der Waals surface area contributed by atoms with Crippen molar-refractivity contribution in [2.75, 3.05) is 0 Å². The van der Waals surface area contributed by atoms with E-state index in [0.717, 1.165) is 6.07 Å². The lowest BCUT2D eigenvalue weighted by molar-refractivity contribution is -0.137. The number of halogens is 3. The molecule has 1 rings (SSSR count). The second-order valence-electron chi connectivity index (χ2n) is 2.24. The molecule has 0 spiro atoms. The third-order valence-electron chi connectivity index (χ3n) is 1.31. The molecule has 0 saturated heterocycles. The summed E-state index contributed by atoms with van der Waals surface area (Å²) >= 11 is 0. The lowest BCUT2D eigenvalue weighted by Crippen LogP contribution is -2.07. The van der Waals surface area contributed by atoms with Gasteiger partial charge in [-0.25, -0.2) is 9.78 Å². The van der Waals surface area contributed by atoms with Crippen molar-refractivity contribution in [3.05, 3.63) is 29.6 Å². The van der Waals surface area contributed by atoms with Gasteiger partial charge < -0.3 is 5.11 Å². The Labute approximate surface area is 70.8 Å². The van der Waals surface area contributed by atoms with Gasteiger partial charge in [-0.2, -0.15) is 13.2 Å². The molecular formula is C7H4F3NO2. The maximum Gasteiger partial charge on any atom is 0.417 e. The minimum Gasteiger partial charge on any atom is -0.477 e. The highest BCUT2D eigenvalue weighted by atomic mass is 19.4. The van der Waals surface area contributed by atoms with E-state index in [0.29, 0.717) is 12.3 Å². The molecule has 0 aliphatic heterocycles. The van der Waals surface area contributed by atoms with Crippen LogP contribution in [0.1, 0.15) is 16.1 Å². The Kier molecular flexibility index (Phi) is 2.22. The average molecular weight is 191 g/mol. The third kappa shape index (κ3) is 2.17. The number of carbonyl (C=O) groups is 1. The fraction of sp³-hybridized carbons (Fsp3) is 0.143. The van der Waals surface area contributed by atoms with Crippen LogP contribution in [0.2, 0.25) is 0 Å². The minimum atomic E-state index is -4.48. The molecule has 0 aliphatic carbocycles. The maximum absolute atomic E-state index is 11.9. The molecule has 0 aromatic carbocycles. The summed E-state index contributed by atoms with van der Waals surface area (Å²) in [4.78, 5) is 13.3. The number of aromatic carboxylic acids is 1. The van der Waals surface area contributed by atoms with Crippen LogP contribution in [0.5, 0.6) is 0 Å². The Morgan fingerprint density at radius 3 is 2.31 bits per heavy atom. The predicted molar refractivity (Wildman–Crippen MR) is 36.2 cm³/mol. The van der Waals surface area contributed by atoms with Crippen LogP contribution in [-0.2, 0) is 6.18 Å². The quantitative estimate of drug-likeness (QED) is 0.736. The molecule has 1 aromatic rings. The first-order valence-electron chi connectivity index (χ1n) is 3.18. The number of carboxylic acids is 1. The summed E-state index contributed by atoms with van der Waals surface area (Å²) in [5.74, 6) is -1.35. The molecule has 0 unspecified atom stereocenters. The van der Waals surface area contributed by atoms with E-state index in [-0.39, 0.29) is 0 Å². The number of rotatable bonds is 1. The Balaban J connectivity index is 3.01. The summed E-state index contributed by atoms with van der Waals surface area (Å²) in [6.45, 7) is 0. The highest BCUT2D eigenvalue weighted by Crippen LogP contribution is 2.28. The zero-order valence-electron chi connectivity index (χ0n) is 6.17. The van der Waals surface area contributed by atoms with Crippen LogP contribution in [0.4, 0.5) is 13.2 Å². The number of hydrogen-bond acceptors (Lipinski definition) is 2. The predicted octanol–water partition coefficient (Wildman–Crippen LogP) is 1.80. The van der Waals surface area contributed by atoms with Gasteiger partial charge in [-0.05, 0) is 12.1 Å². The van der Waals surface area contributed by atoms with E-state index >= 15 is 0 Å². The van der Waals surface area contributed by atoms with Crippen molar-refractivity contribution >= 4 is 5.97 Å². The number of carboxylic acid groups (broad SMARTS) is 1. The molecule has 0 amide bonds. The van der Waals surface area contributed by atoms with Gasteiger partial charge in [0.25, 0.3) is 0 Å². The van der Waals surface area contributed by atoms with Crippen molar-refractivity contribution in [2.24, 2.45) is 0 Å². The van der Waals surface area contributed by atoms with Crippen molar-refractivity contribution in [1.29, 1.82) is 0 Å². The molecule has 0 bridgehead atoms. The standard InChI is InChI=1S/C7H4F3NO2/c8-7(9,10)4-1-2-5(6(12)13)11-3-4/h1-3H,(H,12,13). The maximum atomic E-state index is 11.9. The van der Waals surface area contributed by atoms with E-state index in [1.54, 1.807) is 0 Å². The van der Waals surface area contributed by atoms with Crippen molar-refractivity contribution in [2.45, 2.75) is 6.18 Å². The van der Waals surface area contributed by atoms with E-state index in [2.05, 4.69) is 4.98 Å². The molecule has 1 aromatic heterocycles. The zero-order chi connectivity index (χ0) is 10.1. The molecule has 0 fully saturated rings. The Morgan fingerprint density at radius 2 is 2.00 bits per heavy atom. The van der Waals surface area contributed by atoms with Crippen molar-refractivity contribution in [3.63, 3.8) is 0 Å². The highest BCUT2D eigenvalue weighted by Gasteiger charge is 2.30. The Hall–Kier alpha value is -1.59. The van der Waals surface area contributed by atoms with Crippen LogP contribution in [0.3, 0.4) is 0 Å². The summed E-state index contributed by atoms with van der Waals surface area (Å²) in [6, 6.07) is 1.49. The van der Waals surface area contributed by atoms with Crippen LogP contribution in [-0.4, -0.2) is 16.1 Å². The Morgan fingerprint density at radius 1 is 1.38 bits per heavy atom. The summed E-state index contributed by atoms with van der Waals surface area (Å²) in [5, 5.41) is 8.33. The summed E-state index contributed by atoms with van der Waals surface area (Å²) in [5.41, 5.74) is -1.37. The summed E-state index contributed by atoms with van der Waals surface area (Å²) < 4.78 is 35.8. The van der Waals surface area contributed by atoms with Crippen LogP contribution >= 0.6 is 0 Å². The monoisotopic (exact) mass is 191 g/mol. The SMILES string of the molecule is O=C(O)c1ccc(C(F)(F)F)cn1. The van der Waals surface area contributed by atoms with Crippen molar-refractivity contribution in [3.8, 4) is 0 Å². The van der Waals surface area contributed by atoms with E-state index < -0.39 is 23.4 Å². The number of aromatic nitrogens is 1. The second-order valence-corrected chi connectivity index (χ2v) is 2.24. The van der Waals surface area contributed by atoms with Gasteiger partial charge >= 0.3 is 12.1 Å². The van der Waals surface area contributed by atoms with Crippen LogP contribution in [0, 0.1) is 0 Å². The molecule has 1 heterocycles. The van der Waals surface area contributed by atoms with Gasteiger partial charge in [0.2, 0.25) is 0 Å². The van der Waals surface area contributed by atoms with Crippen LogP contribution in [0.15, 0.2) is 18.3 Å². The topological polar surface area (TPSA) is 50.2 Å². The second kappa shape index (κ2) is 3.04. The van der Waals surface area contributed by atoms with Gasteiger partial charge in [-0.1, -0.05) is 0 Å². The molecule has 6 heteroatoms. The molecular weight excluding hydrogens is 187 g/mol. The summed E-state index contributed by atoms with van der Waals surface area (Å²) in [7, 11) is 0. The first kappa shape index (κ1) is 9.50. The first-order chi connectivity index (χ1) is 5.91. The van der Waals surface area contributed by atoms with Gasteiger partial charge in [0.15, 0.2) is 0 Å². The number of nitrogens with zero attached hydrogens (tertiary/aromatic N) is 1. The van der Waals surface area contributed by atoms with Gasteiger partial charge in [0.1, 0.15) is 5.69 Å². The number of hydrogen-bond donors (Lipinski definition) is 1. The van der Waals surface area contributed by atoms with Crippen molar-refractivity contribution < 1.29 is 23.1 Å². The normalized spacial score (nSPS) is 11.3. The molecule has 0 radical (unpaired) electrons. The van der Waals surface area contributed by atoms with Crippen molar-refractivity contribution in [1.82, 2.24) is 4.98 Å². The van der Waals surface area contributed by atoms with Crippen LogP contribution in [0.25, 0.3) is 0 Å². The minimum absolute atomic E-state index is 0.409. The van der Waals surface area contributed by atoms with E-state index in [4.69, 9.17) is 5.11 Å². The van der Waals surface area contributed by atoms with Gasteiger partial charge in [-0.3, -0.25) is 0 Å². The molecule has 0 aliphatic rings. The third-order valence-corrected chi connectivity index (χ3v) is 1.31. The smallest absolute Gasteiger partial charge is 0.417 e. The van der Waals surface area contributed by atoms with Gasteiger partial charge in [0, 0.05) is 6.20 Å². The lowest BCUT2D eigenvalue weighted by Gasteiger charge is -2.04. The molecule has 0 atom stereocenters. The van der Waals surface area contributed by atoms with Crippen LogP contribution < -0.4 is 0 Å². The molecule has 1 N–H and O–H groups in total. The zero-order valence-corrected chi connectivity index (χ0v) is 6.17. The molecule has 70 valence electrons. The molecule has 13 heavy (non-hydrogen) atoms.